The first-order chi connectivity index (χ1) is 9.40. The second kappa shape index (κ2) is 4.75. The Morgan fingerprint density at radius 1 is 1.16 bits per heavy atom. The molecule has 1 aromatic heterocycles. The molecule has 1 heterocycles. The van der Waals surface area contributed by atoms with Crippen LogP contribution in [0.4, 0.5) is 0 Å². The molecule has 2 aromatic rings. The van der Waals surface area contributed by atoms with Crippen molar-refractivity contribution < 1.29 is 0 Å². The highest BCUT2D eigenvalue weighted by molar-refractivity contribution is 7.12. The first kappa shape index (κ1) is 11.7. The van der Waals surface area contributed by atoms with Crippen LogP contribution < -0.4 is 0 Å². The predicted octanol–water partition coefficient (Wildman–Crippen LogP) is 4.84. The van der Waals surface area contributed by atoms with E-state index in [0.717, 1.165) is 12.3 Å². The Kier molecular flexibility index (Phi) is 2.92. The van der Waals surface area contributed by atoms with E-state index in [9.17, 15) is 0 Å². The van der Waals surface area contributed by atoms with E-state index in [1.807, 2.05) is 11.3 Å². The molecular weight excluding hydrogens is 250 g/mol. The number of benzene rings is 1. The third-order valence-electron chi connectivity index (χ3n) is 4.61. The number of hydrogen-bond acceptors (Lipinski definition) is 2. The van der Waals surface area contributed by atoms with Crippen molar-refractivity contribution in [2.45, 2.75) is 44.9 Å². The van der Waals surface area contributed by atoms with Gasteiger partial charge in [-0.3, -0.25) is 0 Å². The Morgan fingerprint density at radius 2 is 2.00 bits per heavy atom. The third kappa shape index (κ3) is 2.12. The molecule has 0 amide bonds. The molecule has 19 heavy (non-hydrogen) atoms. The molecule has 0 N–H and O–H groups in total. The number of hydrogen-bond donors (Lipinski definition) is 0. The molecule has 0 unspecified atom stereocenters. The monoisotopic (exact) mass is 269 g/mol. The second-order valence-electron chi connectivity index (χ2n) is 5.90. The van der Waals surface area contributed by atoms with Crippen molar-refractivity contribution in [3.8, 4) is 11.3 Å². The average Bonchev–Trinajstić information content (AvgIpc) is 3.12. The number of aromatic nitrogens is 1. The molecule has 0 saturated heterocycles. The van der Waals surface area contributed by atoms with E-state index >= 15 is 0 Å². The van der Waals surface area contributed by atoms with Crippen molar-refractivity contribution in [2.75, 3.05) is 0 Å². The van der Waals surface area contributed by atoms with Gasteiger partial charge in [-0.2, -0.15) is 0 Å². The van der Waals surface area contributed by atoms with Crippen LogP contribution >= 0.6 is 11.3 Å². The molecule has 1 aromatic carbocycles. The zero-order chi connectivity index (χ0) is 12.7. The predicted molar refractivity (Wildman–Crippen MR) is 80.6 cm³/mol. The van der Waals surface area contributed by atoms with Gasteiger partial charge in [0.2, 0.25) is 0 Å². The molecule has 0 spiro atoms. The van der Waals surface area contributed by atoms with Crippen LogP contribution in [0.5, 0.6) is 0 Å². The van der Waals surface area contributed by atoms with E-state index in [2.05, 4.69) is 24.3 Å². The van der Waals surface area contributed by atoms with Crippen LogP contribution in [0.1, 0.15) is 47.6 Å². The molecule has 1 nitrogen and oxygen atoms in total. The Morgan fingerprint density at radius 3 is 2.89 bits per heavy atom. The maximum Gasteiger partial charge on any atom is 0.0935 e. The molecule has 98 valence electrons. The van der Waals surface area contributed by atoms with Crippen molar-refractivity contribution in [3.63, 3.8) is 0 Å². The lowest BCUT2D eigenvalue weighted by Crippen LogP contribution is -1.96. The minimum absolute atomic E-state index is 0.978. The lowest BCUT2D eigenvalue weighted by molar-refractivity contribution is 0.503. The SMILES string of the molecule is c1ccc2c(c1)Cc1sc(CCC3CCCC3)nc1-2. The van der Waals surface area contributed by atoms with Crippen molar-refractivity contribution in [3.05, 3.63) is 39.7 Å². The Balaban J connectivity index is 1.52. The highest BCUT2D eigenvalue weighted by atomic mass is 32.1. The number of nitrogens with zero attached hydrogens (tertiary/aromatic N) is 1. The zero-order valence-electron chi connectivity index (χ0n) is 11.2. The van der Waals surface area contributed by atoms with Gasteiger partial charge >= 0.3 is 0 Å². The Bertz CT molecular complexity index is 593. The minimum atomic E-state index is 0.978. The summed E-state index contributed by atoms with van der Waals surface area (Å²) in [6.07, 6.45) is 9.46. The van der Waals surface area contributed by atoms with E-state index in [1.165, 1.54) is 65.2 Å². The molecule has 0 bridgehead atoms. The fourth-order valence-corrected chi connectivity index (χ4v) is 4.66. The van der Waals surface area contributed by atoms with Gasteiger partial charge in [-0.05, 0) is 24.3 Å². The number of thiazole rings is 1. The topological polar surface area (TPSA) is 12.9 Å². The molecule has 1 fully saturated rings. The van der Waals surface area contributed by atoms with Crippen molar-refractivity contribution in [1.29, 1.82) is 0 Å². The number of fused-ring (bicyclic) bond motifs is 3. The molecular formula is C17H19NS. The van der Waals surface area contributed by atoms with Gasteiger partial charge in [-0.1, -0.05) is 49.9 Å². The van der Waals surface area contributed by atoms with Crippen molar-refractivity contribution in [1.82, 2.24) is 4.98 Å². The standard InChI is InChI=1S/C17H19NS/c1-2-6-12(5-1)9-10-16-18-17-14-8-4-3-7-13(14)11-15(17)19-16/h3-4,7-8,12H,1-2,5-6,9-11H2. The van der Waals surface area contributed by atoms with Crippen LogP contribution in [0.3, 0.4) is 0 Å². The smallest absolute Gasteiger partial charge is 0.0935 e. The molecule has 1 saturated carbocycles. The second-order valence-corrected chi connectivity index (χ2v) is 7.07. The highest BCUT2D eigenvalue weighted by Gasteiger charge is 2.23. The van der Waals surface area contributed by atoms with E-state index in [1.54, 1.807) is 0 Å². The van der Waals surface area contributed by atoms with Crippen LogP contribution in [-0.4, -0.2) is 4.98 Å². The maximum absolute atomic E-state index is 4.91. The highest BCUT2D eigenvalue weighted by Crippen LogP contribution is 2.40. The lowest BCUT2D eigenvalue weighted by atomic mass is 10.0. The summed E-state index contributed by atoms with van der Waals surface area (Å²) in [6.45, 7) is 0. The minimum Gasteiger partial charge on any atom is -0.241 e. The van der Waals surface area contributed by atoms with Crippen molar-refractivity contribution >= 4 is 11.3 Å². The van der Waals surface area contributed by atoms with Crippen molar-refractivity contribution in [2.24, 2.45) is 5.92 Å². The van der Waals surface area contributed by atoms with E-state index in [0.29, 0.717) is 0 Å². The lowest BCUT2D eigenvalue weighted by Gasteiger charge is -2.06. The molecule has 4 rings (SSSR count). The molecule has 0 aliphatic heterocycles. The summed E-state index contributed by atoms with van der Waals surface area (Å²) >= 11 is 1.95. The van der Waals surface area contributed by atoms with Gasteiger partial charge in [-0.25, -0.2) is 4.98 Å². The molecule has 0 radical (unpaired) electrons. The van der Waals surface area contributed by atoms with E-state index in [-0.39, 0.29) is 0 Å². The number of rotatable bonds is 3. The number of aryl methyl sites for hydroxylation is 1. The first-order valence-electron chi connectivity index (χ1n) is 7.47. The Hall–Kier alpha value is -1.15. The molecule has 2 aliphatic carbocycles. The quantitative estimate of drug-likeness (QED) is 0.663. The third-order valence-corrected chi connectivity index (χ3v) is 5.72. The summed E-state index contributed by atoms with van der Waals surface area (Å²) in [5.41, 5.74) is 4.11. The van der Waals surface area contributed by atoms with Gasteiger partial charge in [0.25, 0.3) is 0 Å². The van der Waals surface area contributed by atoms with Gasteiger partial charge in [0, 0.05) is 16.9 Å². The fourth-order valence-electron chi connectivity index (χ4n) is 3.54. The van der Waals surface area contributed by atoms with Crippen LogP contribution in [0.2, 0.25) is 0 Å². The van der Waals surface area contributed by atoms with E-state index in [4.69, 9.17) is 4.98 Å². The molecule has 2 aliphatic rings. The summed E-state index contributed by atoms with van der Waals surface area (Å²) in [4.78, 5) is 6.40. The van der Waals surface area contributed by atoms with E-state index < -0.39 is 0 Å². The van der Waals surface area contributed by atoms with Gasteiger partial charge in [0.05, 0.1) is 10.7 Å². The fraction of sp³-hybridized carbons (Fsp3) is 0.471. The van der Waals surface area contributed by atoms with Gasteiger partial charge in [0.1, 0.15) is 0 Å². The Labute approximate surface area is 118 Å². The van der Waals surface area contributed by atoms with Crippen LogP contribution in [0, 0.1) is 5.92 Å². The van der Waals surface area contributed by atoms with Gasteiger partial charge in [-0.15, -0.1) is 11.3 Å². The summed E-state index contributed by atoms with van der Waals surface area (Å²) in [7, 11) is 0. The van der Waals surface area contributed by atoms with Crippen LogP contribution in [-0.2, 0) is 12.8 Å². The normalized spacial score (nSPS) is 17.7. The summed E-state index contributed by atoms with van der Waals surface area (Å²) < 4.78 is 0. The summed E-state index contributed by atoms with van der Waals surface area (Å²) in [5, 5.41) is 1.37. The van der Waals surface area contributed by atoms with Gasteiger partial charge in [0.15, 0.2) is 0 Å². The average molecular weight is 269 g/mol. The van der Waals surface area contributed by atoms with Crippen LogP contribution in [0.15, 0.2) is 24.3 Å². The van der Waals surface area contributed by atoms with Crippen LogP contribution in [0.25, 0.3) is 11.3 Å². The molecule has 2 heteroatoms. The summed E-state index contributed by atoms with van der Waals surface area (Å²) in [5.74, 6) is 0.978. The maximum atomic E-state index is 4.91. The largest absolute Gasteiger partial charge is 0.241 e. The molecule has 0 atom stereocenters. The summed E-state index contributed by atoms with van der Waals surface area (Å²) in [6, 6.07) is 8.73. The van der Waals surface area contributed by atoms with Gasteiger partial charge < -0.3 is 0 Å². The first-order valence-corrected chi connectivity index (χ1v) is 8.28. The zero-order valence-corrected chi connectivity index (χ0v) is 12.0.